The first-order chi connectivity index (χ1) is 13.6. The molecule has 1 atom stereocenters. The van der Waals surface area contributed by atoms with Crippen LogP contribution in [0.2, 0.25) is 0 Å². The van der Waals surface area contributed by atoms with Crippen molar-refractivity contribution in [1.82, 2.24) is 9.97 Å². The second-order valence-electron chi connectivity index (χ2n) is 6.57. The summed E-state index contributed by atoms with van der Waals surface area (Å²) in [5.74, 6) is -0.961. The van der Waals surface area contributed by atoms with Crippen LogP contribution in [0.1, 0.15) is 22.2 Å². The normalized spacial score (nSPS) is 11.9. The molecule has 4 rings (SSSR count). The smallest absolute Gasteiger partial charge is 0.231 e. The standard InChI is InChI=1S/C23H19N3OS/c1-15-13-19(11-12-25-15)16-7-9-18(10-8-16)21(22(24)27)23-26-14-20(28-23)17-5-3-2-4-6-17/h2-14,21H,1H3,(H2,24,27). The summed E-state index contributed by atoms with van der Waals surface area (Å²) in [6.07, 6.45) is 3.60. The summed E-state index contributed by atoms with van der Waals surface area (Å²) >= 11 is 1.50. The van der Waals surface area contributed by atoms with Crippen molar-refractivity contribution < 1.29 is 4.79 Å². The van der Waals surface area contributed by atoms with Crippen molar-refractivity contribution in [2.24, 2.45) is 5.73 Å². The summed E-state index contributed by atoms with van der Waals surface area (Å²) in [5, 5.41) is 0.707. The highest BCUT2D eigenvalue weighted by Crippen LogP contribution is 2.34. The second-order valence-corrected chi connectivity index (χ2v) is 7.63. The van der Waals surface area contributed by atoms with E-state index in [-0.39, 0.29) is 0 Å². The molecular formula is C23H19N3OS. The number of carbonyl (C=O) groups is 1. The van der Waals surface area contributed by atoms with Crippen molar-refractivity contribution in [3.63, 3.8) is 0 Å². The van der Waals surface area contributed by atoms with Gasteiger partial charge in [-0.05, 0) is 41.3 Å². The number of hydrogen-bond donors (Lipinski definition) is 1. The molecule has 0 aliphatic rings. The molecule has 4 nitrogen and oxygen atoms in total. The molecule has 0 bridgehead atoms. The third kappa shape index (κ3) is 3.70. The molecule has 2 N–H and O–H groups in total. The average molecular weight is 385 g/mol. The Labute approximate surface area is 167 Å². The lowest BCUT2D eigenvalue weighted by Gasteiger charge is -2.12. The van der Waals surface area contributed by atoms with Gasteiger partial charge < -0.3 is 5.73 Å². The van der Waals surface area contributed by atoms with Crippen molar-refractivity contribution in [2.75, 3.05) is 0 Å². The van der Waals surface area contributed by atoms with Crippen LogP contribution < -0.4 is 5.73 Å². The fourth-order valence-corrected chi connectivity index (χ4v) is 4.24. The van der Waals surface area contributed by atoms with Gasteiger partial charge in [-0.1, -0.05) is 54.6 Å². The van der Waals surface area contributed by atoms with Gasteiger partial charge in [-0.15, -0.1) is 11.3 Å². The number of aromatic nitrogens is 2. The van der Waals surface area contributed by atoms with E-state index >= 15 is 0 Å². The van der Waals surface area contributed by atoms with Gasteiger partial charge in [-0.2, -0.15) is 0 Å². The van der Waals surface area contributed by atoms with E-state index in [1.54, 1.807) is 12.4 Å². The van der Waals surface area contributed by atoms with Crippen LogP contribution in [0.25, 0.3) is 21.6 Å². The van der Waals surface area contributed by atoms with E-state index in [0.717, 1.165) is 32.8 Å². The molecule has 1 unspecified atom stereocenters. The fraction of sp³-hybridized carbons (Fsp3) is 0.0870. The molecule has 0 aliphatic heterocycles. The monoisotopic (exact) mass is 385 g/mol. The highest BCUT2D eigenvalue weighted by molar-refractivity contribution is 7.15. The van der Waals surface area contributed by atoms with Gasteiger partial charge in [0.05, 0.1) is 4.88 Å². The molecule has 0 saturated carbocycles. The number of amides is 1. The zero-order valence-corrected chi connectivity index (χ0v) is 16.2. The minimum absolute atomic E-state index is 0.401. The first-order valence-electron chi connectivity index (χ1n) is 8.95. The molecule has 0 radical (unpaired) electrons. The Morgan fingerprint density at radius 3 is 2.36 bits per heavy atom. The van der Waals surface area contributed by atoms with Crippen molar-refractivity contribution in [3.8, 4) is 21.6 Å². The Kier molecular flexibility index (Phi) is 5.00. The number of benzene rings is 2. The van der Waals surface area contributed by atoms with Gasteiger partial charge in [0.2, 0.25) is 5.91 Å². The largest absolute Gasteiger partial charge is 0.369 e. The number of thiazole rings is 1. The summed E-state index contributed by atoms with van der Waals surface area (Å²) in [5.41, 5.74) is 10.8. The van der Waals surface area contributed by atoms with Gasteiger partial charge in [-0.3, -0.25) is 9.78 Å². The summed E-state index contributed by atoms with van der Waals surface area (Å²) < 4.78 is 0. The first kappa shape index (κ1) is 18.1. The van der Waals surface area contributed by atoms with Crippen LogP contribution in [0.4, 0.5) is 0 Å². The minimum Gasteiger partial charge on any atom is -0.369 e. The molecule has 4 aromatic rings. The Hall–Kier alpha value is -3.31. The van der Waals surface area contributed by atoms with Gasteiger partial charge in [0.1, 0.15) is 10.9 Å². The number of nitrogens with zero attached hydrogens (tertiary/aromatic N) is 2. The van der Waals surface area contributed by atoms with E-state index in [2.05, 4.69) is 9.97 Å². The number of primary amides is 1. The molecule has 28 heavy (non-hydrogen) atoms. The molecule has 2 aromatic carbocycles. The maximum Gasteiger partial charge on any atom is 0.231 e. The number of pyridine rings is 1. The Morgan fingerprint density at radius 1 is 0.929 bits per heavy atom. The average Bonchev–Trinajstić information content (AvgIpc) is 3.19. The SMILES string of the molecule is Cc1cc(-c2ccc(C(C(N)=O)c3ncc(-c4ccccc4)s3)cc2)ccn1. The zero-order valence-electron chi connectivity index (χ0n) is 15.4. The molecule has 138 valence electrons. The van der Waals surface area contributed by atoms with Crippen LogP contribution in [-0.2, 0) is 4.79 Å². The maximum absolute atomic E-state index is 12.2. The van der Waals surface area contributed by atoms with Crippen molar-refractivity contribution in [2.45, 2.75) is 12.8 Å². The highest BCUT2D eigenvalue weighted by Gasteiger charge is 2.24. The maximum atomic E-state index is 12.2. The number of hydrogen-bond acceptors (Lipinski definition) is 4. The van der Waals surface area contributed by atoms with Gasteiger partial charge in [-0.25, -0.2) is 4.98 Å². The van der Waals surface area contributed by atoms with Gasteiger partial charge >= 0.3 is 0 Å². The van der Waals surface area contributed by atoms with E-state index < -0.39 is 11.8 Å². The number of nitrogens with two attached hydrogens (primary N) is 1. The van der Waals surface area contributed by atoms with Crippen molar-refractivity contribution >= 4 is 17.2 Å². The van der Waals surface area contributed by atoms with E-state index in [1.807, 2.05) is 73.7 Å². The van der Waals surface area contributed by atoms with Crippen LogP contribution >= 0.6 is 11.3 Å². The highest BCUT2D eigenvalue weighted by atomic mass is 32.1. The number of carbonyl (C=O) groups excluding carboxylic acids is 1. The predicted molar refractivity (Wildman–Crippen MR) is 113 cm³/mol. The molecule has 0 spiro atoms. The minimum atomic E-state index is -0.560. The predicted octanol–water partition coefficient (Wildman–Crippen LogP) is 4.80. The Bertz CT molecular complexity index is 1100. The van der Waals surface area contributed by atoms with Gasteiger partial charge in [0.25, 0.3) is 0 Å². The second kappa shape index (κ2) is 7.74. The van der Waals surface area contributed by atoms with Crippen LogP contribution in [0, 0.1) is 6.92 Å². The van der Waals surface area contributed by atoms with E-state index in [1.165, 1.54) is 11.3 Å². The zero-order chi connectivity index (χ0) is 19.5. The van der Waals surface area contributed by atoms with E-state index in [9.17, 15) is 4.79 Å². The lowest BCUT2D eigenvalue weighted by Crippen LogP contribution is -2.22. The van der Waals surface area contributed by atoms with E-state index in [0.29, 0.717) is 5.01 Å². The van der Waals surface area contributed by atoms with Crippen molar-refractivity contribution in [1.29, 1.82) is 0 Å². The third-order valence-electron chi connectivity index (χ3n) is 4.59. The summed E-state index contributed by atoms with van der Waals surface area (Å²) in [4.78, 5) is 22.0. The molecule has 5 heteroatoms. The molecular weight excluding hydrogens is 366 g/mol. The Morgan fingerprint density at radius 2 is 1.68 bits per heavy atom. The molecule has 0 aliphatic carbocycles. The molecule has 0 fully saturated rings. The fourth-order valence-electron chi connectivity index (χ4n) is 3.18. The van der Waals surface area contributed by atoms with Crippen molar-refractivity contribution in [3.05, 3.63) is 95.4 Å². The number of aryl methyl sites for hydroxylation is 1. The lowest BCUT2D eigenvalue weighted by atomic mass is 9.96. The van der Waals surface area contributed by atoms with E-state index in [4.69, 9.17) is 5.73 Å². The van der Waals surface area contributed by atoms with Crippen LogP contribution in [0.3, 0.4) is 0 Å². The molecule has 0 saturated heterocycles. The third-order valence-corrected chi connectivity index (χ3v) is 5.70. The molecule has 2 heterocycles. The van der Waals surface area contributed by atoms with Crippen LogP contribution in [-0.4, -0.2) is 15.9 Å². The lowest BCUT2D eigenvalue weighted by molar-refractivity contribution is -0.118. The summed E-state index contributed by atoms with van der Waals surface area (Å²) in [6.45, 7) is 1.97. The van der Waals surface area contributed by atoms with Crippen LogP contribution in [0.15, 0.2) is 79.1 Å². The molecule has 1 amide bonds. The quantitative estimate of drug-likeness (QED) is 0.537. The Balaban J connectivity index is 1.65. The first-order valence-corrected chi connectivity index (χ1v) is 9.77. The number of rotatable bonds is 5. The van der Waals surface area contributed by atoms with Crippen LogP contribution in [0.5, 0.6) is 0 Å². The summed E-state index contributed by atoms with van der Waals surface area (Å²) in [6, 6.07) is 21.9. The topological polar surface area (TPSA) is 68.9 Å². The summed E-state index contributed by atoms with van der Waals surface area (Å²) in [7, 11) is 0. The van der Waals surface area contributed by atoms with Gasteiger partial charge in [0.15, 0.2) is 0 Å². The molecule has 2 aromatic heterocycles. The van der Waals surface area contributed by atoms with Gasteiger partial charge in [0, 0.05) is 18.1 Å².